The summed E-state index contributed by atoms with van der Waals surface area (Å²) in [6.45, 7) is 3.71. The monoisotopic (exact) mass is 224 g/mol. The van der Waals surface area contributed by atoms with E-state index in [1.807, 2.05) is 0 Å². The molecule has 1 aromatic carbocycles. The van der Waals surface area contributed by atoms with E-state index in [0.29, 0.717) is 5.75 Å². The zero-order chi connectivity index (χ0) is 11.9. The summed E-state index contributed by atoms with van der Waals surface area (Å²) >= 11 is 0. The average molecular weight is 224 g/mol. The first-order valence-electron chi connectivity index (χ1n) is 4.93. The first-order valence-corrected chi connectivity index (χ1v) is 4.93. The molecule has 0 aromatic heterocycles. The van der Waals surface area contributed by atoms with Gasteiger partial charge in [0, 0.05) is 12.1 Å². The number of nitrogens with two attached hydrogens (primary N) is 1. The summed E-state index contributed by atoms with van der Waals surface area (Å²) in [5.41, 5.74) is 5.44. The fourth-order valence-corrected chi connectivity index (χ4v) is 1.48. The molecule has 0 atom stereocenters. The van der Waals surface area contributed by atoms with E-state index in [1.165, 1.54) is 12.1 Å². The summed E-state index contributed by atoms with van der Waals surface area (Å²) in [6, 6.07) is 2.37. The van der Waals surface area contributed by atoms with Gasteiger partial charge in [-0.15, -0.1) is 0 Å². The van der Waals surface area contributed by atoms with Gasteiger partial charge in [-0.05, 0) is 13.8 Å². The van der Waals surface area contributed by atoms with Crippen molar-refractivity contribution in [1.29, 1.82) is 0 Å². The smallest absolute Gasteiger partial charge is 0.233 e. The van der Waals surface area contributed by atoms with Gasteiger partial charge in [-0.1, -0.05) is 0 Å². The Bertz CT molecular complexity index is 458. The Hall–Kier alpha value is -1.78. The van der Waals surface area contributed by atoms with Gasteiger partial charge in [-0.25, -0.2) is 4.39 Å². The van der Waals surface area contributed by atoms with E-state index in [4.69, 9.17) is 10.5 Å². The van der Waals surface area contributed by atoms with Gasteiger partial charge in [0.2, 0.25) is 5.91 Å². The maximum atomic E-state index is 13.1. The molecule has 0 aliphatic carbocycles. The zero-order valence-electron chi connectivity index (χ0n) is 9.13. The molecule has 0 radical (unpaired) electrons. The van der Waals surface area contributed by atoms with Crippen molar-refractivity contribution >= 4 is 17.3 Å². The summed E-state index contributed by atoms with van der Waals surface area (Å²) in [4.78, 5) is 11.8. The highest BCUT2D eigenvalue weighted by atomic mass is 19.1. The summed E-state index contributed by atoms with van der Waals surface area (Å²) in [5, 5.41) is 2.61. The fourth-order valence-electron chi connectivity index (χ4n) is 1.48. The molecule has 3 N–H and O–H groups in total. The molecule has 86 valence electrons. The largest absolute Gasteiger partial charge is 0.488 e. The van der Waals surface area contributed by atoms with Crippen LogP contribution < -0.4 is 15.8 Å². The first-order chi connectivity index (χ1) is 7.40. The third kappa shape index (κ3) is 1.68. The lowest BCUT2D eigenvalue weighted by Gasteiger charge is -2.18. The summed E-state index contributed by atoms with van der Waals surface area (Å²) in [5.74, 6) is -0.378. The minimum Gasteiger partial charge on any atom is -0.488 e. The van der Waals surface area contributed by atoms with E-state index in [2.05, 4.69) is 5.32 Å². The highest BCUT2D eigenvalue weighted by Crippen LogP contribution is 2.37. The molecule has 16 heavy (non-hydrogen) atoms. The van der Waals surface area contributed by atoms with Gasteiger partial charge in [0.05, 0.1) is 16.8 Å². The number of hydrogen-bond donors (Lipinski definition) is 2. The number of carbonyl (C=O) groups excluding carboxylic acids is 1. The lowest BCUT2D eigenvalue weighted by Crippen LogP contribution is -2.33. The Balaban J connectivity index is 2.49. The predicted octanol–water partition coefficient (Wildman–Crippen LogP) is 1.76. The molecule has 0 saturated carbocycles. The van der Waals surface area contributed by atoms with Crippen LogP contribution in [0.15, 0.2) is 12.1 Å². The molecule has 1 amide bonds. The molecule has 0 spiro atoms. The van der Waals surface area contributed by atoms with Crippen LogP contribution in [0.4, 0.5) is 15.8 Å². The molecule has 1 heterocycles. The van der Waals surface area contributed by atoms with E-state index in [0.717, 1.165) is 0 Å². The molecule has 0 unspecified atom stereocenters. The van der Waals surface area contributed by atoms with Gasteiger partial charge in [0.1, 0.15) is 12.4 Å². The Morgan fingerprint density at radius 2 is 2.19 bits per heavy atom. The van der Waals surface area contributed by atoms with E-state index in [1.54, 1.807) is 13.8 Å². The SMILES string of the molecule is CC1(C)COc2c(N)cc(F)cc2NC1=O. The number of fused-ring (bicyclic) bond motifs is 1. The second-order valence-electron chi connectivity index (χ2n) is 4.50. The number of ether oxygens (including phenoxy) is 1. The van der Waals surface area contributed by atoms with Crippen LogP contribution in [0.2, 0.25) is 0 Å². The van der Waals surface area contributed by atoms with Crippen LogP contribution in [0.3, 0.4) is 0 Å². The zero-order valence-corrected chi connectivity index (χ0v) is 9.13. The molecule has 1 aromatic rings. The van der Waals surface area contributed by atoms with Crippen LogP contribution in [-0.4, -0.2) is 12.5 Å². The number of amides is 1. The van der Waals surface area contributed by atoms with Crippen molar-refractivity contribution in [3.05, 3.63) is 17.9 Å². The van der Waals surface area contributed by atoms with Crippen molar-refractivity contribution in [1.82, 2.24) is 0 Å². The summed E-state index contributed by atoms with van der Waals surface area (Å²) in [6.07, 6.45) is 0. The predicted molar refractivity (Wildman–Crippen MR) is 58.7 cm³/mol. The van der Waals surface area contributed by atoms with Gasteiger partial charge >= 0.3 is 0 Å². The average Bonchev–Trinajstić information content (AvgIpc) is 2.25. The van der Waals surface area contributed by atoms with Crippen LogP contribution >= 0.6 is 0 Å². The molecular formula is C11H13FN2O2. The summed E-state index contributed by atoms with van der Waals surface area (Å²) < 4.78 is 18.6. The minimum atomic E-state index is -0.665. The lowest BCUT2D eigenvalue weighted by atomic mass is 9.94. The van der Waals surface area contributed by atoms with Crippen molar-refractivity contribution in [2.45, 2.75) is 13.8 Å². The van der Waals surface area contributed by atoms with Crippen LogP contribution in [0, 0.1) is 11.2 Å². The van der Waals surface area contributed by atoms with E-state index >= 15 is 0 Å². The van der Waals surface area contributed by atoms with Crippen LogP contribution in [0.1, 0.15) is 13.8 Å². The van der Waals surface area contributed by atoms with Gasteiger partial charge in [-0.2, -0.15) is 0 Å². The Labute approximate surface area is 92.6 Å². The molecule has 0 bridgehead atoms. The number of nitrogen functional groups attached to an aromatic ring is 1. The Morgan fingerprint density at radius 3 is 2.88 bits per heavy atom. The minimum absolute atomic E-state index is 0.188. The number of halogens is 1. The van der Waals surface area contributed by atoms with Crippen molar-refractivity contribution in [3.63, 3.8) is 0 Å². The number of carbonyl (C=O) groups is 1. The Kier molecular flexibility index (Phi) is 2.26. The van der Waals surface area contributed by atoms with Crippen LogP contribution in [0.5, 0.6) is 5.75 Å². The number of hydrogen-bond acceptors (Lipinski definition) is 3. The molecule has 2 rings (SSSR count). The maximum Gasteiger partial charge on any atom is 0.233 e. The van der Waals surface area contributed by atoms with Crippen molar-refractivity contribution < 1.29 is 13.9 Å². The van der Waals surface area contributed by atoms with Crippen LogP contribution in [0.25, 0.3) is 0 Å². The fraction of sp³-hybridized carbons (Fsp3) is 0.364. The third-order valence-electron chi connectivity index (χ3n) is 2.52. The molecule has 4 nitrogen and oxygen atoms in total. The Morgan fingerprint density at radius 1 is 1.50 bits per heavy atom. The second kappa shape index (κ2) is 3.37. The van der Waals surface area contributed by atoms with Crippen molar-refractivity contribution in [2.24, 2.45) is 5.41 Å². The number of nitrogens with one attached hydrogen (secondary N) is 1. The molecule has 1 aliphatic rings. The standard InChI is InChI=1S/C11H13FN2O2/c1-11(2)5-16-9-7(13)3-6(12)4-8(9)14-10(11)15/h3-4H,5,13H2,1-2H3,(H,14,15). The number of anilines is 2. The number of benzene rings is 1. The molecule has 0 saturated heterocycles. The summed E-state index contributed by atoms with van der Waals surface area (Å²) in [7, 11) is 0. The normalized spacial score (nSPS) is 18.1. The van der Waals surface area contributed by atoms with Crippen molar-refractivity contribution in [3.8, 4) is 5.75 Å². The van der Waals surface area contributed by atoms with E-state index in [-0.39, 0.29) is 23.9 Å². The van der Waals surface area contributed by atoms with Crippen LogP contribution in [-0.2, 0) is 4.79 Å². The molecule has 5 heteroatoms. The van der Waals surface area contributed by atoms with Gasteiger partial charge in [0.15, 0.2) is 5.75 Å². The number of rotatable bonds is 0. The van der Waals surface area contributed by atoms with E-state index < -0.39 is 11.2 Å². The second-order valence-corrected chi connectivity index (χ2v) is 4.50. The highest BCUT2D eigenvalue weighted by Gasteiger charge is 2.33. The maximum absolute atomic E-state index is 13.1. The first kappa shape index (κ1) is 10.7. The molecule has 0 fully saturated rings. The van der Waals surface area contributed by atoms with Gasteiger partial charge < -0.3 is 15.8 Å². The third-order valence-corrected chi connectivity index (χ3v) is 2.52. The topological polar surface area (TPSA) is 64.3 Å². The molecule has 1 aliphatic heterocycles. The van der Waals surface area contributed by atoms with Gasteiger partial charge in [-0.3, -0.25) is 4.79 Å². The van der Waals surface area contributed by atoms with Crippen molar-refractivity contribution in [2.75, 3.05) is 17.7 Å². The quantitative estimate of drug-likeness (QED) is 0.660. The lowest BCUT2D eigenvalue weighted by molar-refractivity contribution is -0.124. The van der Waals surface area contributed by atoms with Gasteiger partial charge in [0.25, 0.3) is 0 Å². The van der Waals surface area contributed by atoms with E-state index in [9.17, 15) is 9.18 Å². The highest BCUT2D eigenvalue weighted by molar-refractivity contribution is 5.98. The molecular weight excluding hydrogens is 211 g/mol.